The van der Waals surface area contributed by atoms with Crippen molar-refractivity contribution in [2.75, 3.05) is 0 Å². The number of hydrogen-bond acceptors (Lipinski definition) is 5. The average Bonchev–Trinajstić information content (AvgIpc) is 2.95. The van der Waals surface area contributed by atoms with Crippen LogP contribution in [0.25, 0.3) is 0 Å². The molecule has 0 aromatic heterocycles. The van der Waals surface area contributed by atoms with Crippen LogP contribution in [0.4, 0.5) is 0 Å². The second-order valence-electron chi connectivity index (χ2n) is 6.40. The number of carbonyl (C=O) groups excluding carboxylic acids is 4. The average molecular weight is 365 g/mol. The van der Waals surface area contributed by atoms with Crippen LogP contribution in [-0.4, -0.2) is 34.5 Å². The van der Waals surface area contributed by atoms with Gasteiger partial charge in [0.25, 0.3) is 11.8 Å². The largest absolute Gasteiger partial charge is 0.455 e. The van der Waals surface area contributed by atoms with Gasteiger partial charge in [-0.2, -0.15) is 0 Å². The third-order valence-corrected chi connectivity index (χ3v) is 4.50. The standard InChI is InChI=1S/C21H19NO5/c1-14(22-19(24)16-9-5-6-10-17(16)20(22)25)11-12-18(23)21(26)27-13-15-7-3-2-4-8-15/h2-10,14H,11-13H2,1H3. The summed E-state index contributed by atoms with van der Waals surface area (Å²) < 4.78 is 5.00. The van der Waals surface area contributed by atoms with Crippen LogP contribution >= 0.6 is 0 Å². The highest BCUT2D eigenvalue weighted by Gasteiger charge is 2.38. The van der Waals surface area contributed by atoms with Crippen LogP contribution in [0.1, 0.15) is 46.0 Å². The van der Waals surface area contributed by atoms with Gasteiger partial charge in [-0.25, -0.2) is 4.79 Å². The smallest absolute Gasteiger partial charge is 0.374 e. The Kier molecular flexibility index (Phi) is 5.45. The Balaban J connectivity index is 1.52. The molecule has 1 heterocycles. The lowest BCUT2D eigenvalue weighted by Crippen LogP contribution is -2.38. The van der Waals surface area contributed by atoms with Crippen molar-refractivity contribution in [2.45, 2.75) is 32.4 Å². The van der Waals surface area contributed by atoms with Crippen molar-refractivity contribution in [3.05, 3.63) is 71.3 Å². The highest BCUT2D eigenvalue weighted by Crippen LogP contribution is 2.25. The summed E-state index contributed by atoms with van der Waals surface area (Å²) in [7, 11) is 0. The molecule has 0 saturated carbocycles. The number of ketones is 1. The molecule has 1 aliphatic heterocycles. The summed E-state index contributed by atoms with van der Waals surface area (Å²) in [5.41, 5.74) is 1.52. The molecule has 2 aromatic rings. The number of fused-ring (bicyclic) bond motifs is 1. The second-order valence-corrected chi connectivity index (χ2v) is 6.40. The Hall–Kier alpha value is -3.28. The van der Waals surface area contributed by atoms with Crippen molar-refractivity contribution in [1.82, 2.24) is 4.90 Å². The topological polar surface area (TPSA) is 80.8 Å². The van der Waals surface area contributed by atoms with Crippen molar-refractivity contribution < 1.29 is 23.9 Å². The maximum Gasteiger partial charge on any atom is 0.374 e. The predicted molar refractivity (Wildman–Crippen MR) is 96.9 cm³/mol. The van der Waals surface area contributed by atoms with E-state index in [1.54, 1.807) is 43.3 Å². The number of hydrogen-bond donors (Lipinski definition) is 0. The lowest BCUT2D eigenvalue weighted by molar-refractivity contribution is -0.155. The van der Waals surface area contributed by atoms with Crippen LogP contribution in [0.15, 0.2) is 54.6 Å². The molecule has 1 unspecified atom stereocenters. The van der Waals surface area contributed by atoms with E-state index in [-0.39, 0.29) is 31.3 Å². The minimum Gasteiger partial charge on any atom is -0.455 e. The summed E-state index contributed by atoms with van der Waals surface area (Å²) in [5, 5.41) is 0. The molecule has 0 saturated heterocycles. The van der Waals surface area contributed by atoms with Gasteiger partial charge in [0.05, 0.1) is 11.1 Å². The maximum atomic E-state index is 12.4. The maximum absolute atomic E-state index is 12.4. The molecule has 0 radical (unpaired) electrons. The first kappa shape index (κ1) is 18.5. The minimum absolute atomic E-state index is 0.0272. The number of rotatable bonds is 7. The predicted octanol–water partition coefficient (Wildman–Crippen LogP) is 2.76. The monoisotopic (exact) mass is 365 g/mol. The Morgan fingerprint density at radius 3 is 2.07 bits per heavy atom. The van der Waals surface area contributed by atoms with Crippen molar-refractivity contribution in [3.8, 4) is 0 Å². The SMILES string of the molecule is CC(CCC(=O)C(=O)OCc1ccccc1)N1C(=O)c2ccccc2C1=O. The van der Waals surface area contributed by atoms with Crippen LogP contribution in [0.3, 0.4) is 0 Å². The number of carbonyl (C=O) groups is 4. The molecule has 138 valence electrons. The van der Waals surface area contributed by atoms with E-state index in [0.29, 0.717) is 11.1 Å². The van der Waals surface area contributed by atoms with Crippen LogP contribution in [0.5, 0.6) is 0 Å². The Morgan fingerprint density at radius 1 is 0.926 bits per heavy atom. The van der Waals surface area contributed by atoms with Gasteiger partial charge in [-0.3, -0.25) is 19.3 Å². The van der Waals surface area contributed by atoms with E-state index in [4.69, 9.17) is 4.74 Å². The second kappa shape index (κ2) is 7.95. The quantitative estimate of drug-likeness (QED) is 0.428. The van der Waals surface area contributed by atoms with E-state index in [9.17, 15) is 19.2 Å². The fourth-order valence-corrected chi connectivity index (χ4v) is 2.98. The van der Waals surface area contributed by atoms with E-state index in [0.717, 1.165) is 10.5 Å². The Morgan fingerprint density at radius 2 is 1.48 bits per heavy atom. The molecule has 0 N–H and O–H groups in total. The molecule has 6 heteroatoms. The minimum atomic E-state index is -0.909. The molecule has 0 aliphatic carbocycles. The first-order valence-corrected chi connectivity index (χ1v) is 8.70. The van der Waals surface area contributed by atoms with Crippen LogP contribution in [0.2, 0.25) is 0 Å². The molecule has 0 fully saturated rings. The van der Waals surface area contributed by atoms with E-state index in [1.807, 2.05) is 18.2 Å². The number of ether oxygens (including phenoxy) is 1. The highest BCUT2D eigenvalue weighted by atomic mass is 16.5. The lowest BCUT2D eigenvalue weighted by Gasteiger charge is -2.22. The summed E-state index contributed by atoms with van der Waals surface area (Å²) in [6.45, 7) is 1.71. The molecule has 0 spiro atoms. The van der Waals surface area contributed by atoms with Crippen molar-refractivity contribution in [3.63, 3.8) is 0 Å². The molecule has 3 rings (SSSR count). The van der Waals surface area contributed by atoms with Gasteiger partial charge in [0.15, 0.2) is 0 Å². The van der Waals surface area contributed by atoms with E-state index in [2.05, 4.69) is 0 Å². The summed E-state index contributed by atoms with van der Waals surface area (Å²) in [4.78, 5) is 49.8. The zero-order chi connectivity index (χ0) is 19.4. The van der Waals surface area contributed by atoms with Crippen LogP contribution < -0.4 is 0 Å². The van der Waals surface area contributed by atoms with E-state index >= 15 is 0 Å². The third-order valence-electron chi connectivity index (χ3n) is 4.50. The fraction of sp³-hybridized carbons (Fsp3) is 0.238. The number of esters is 1. The van der Waals surface area contributed by atoms with Crippen LogP contribution in [-0.2, 0) is 20.9 Å². The highest BCUT2D eigenvalue weighted by molar-refractivity contribution is 6.33. The van der Waals surface area contributed by atoms with Gasteiger partial charge in [0.1, 0.15) is 6.61 Å². The normalized spacial score (nSPS) is 14.0. The van der Waals surface area contributed by atoms with E-state index in [1.165, 1.54) is 0 Å². The van der Waals surface area contributed by atoms with Gasteiger partial charge in [-0.05, 0) is 31.0 Å². The first-order chi connectivity index (χ1) is 13.0. The number of Topliss-reactive ketones (excluding diaryl/α,β-unsaturated/α-hetero) is 1. The van der Waals surface area contributed by atoms with Gasteiger partial charge in [0.2, 0.25) is 5.78 Å². The molecule has 1 aliphatic rings. The zero-order valence-corrected chi connectivity index (χ0v) is 14.9. The first-order valence-electron chi connectivity index (χ1n) is 8.70. The lowest BCUT2D eigenvalue weighted by atomic mass is 10.1. The molecule has 27 heavy (non-hydrogen) atoms. The Bertz CT molecular complexity index is 855. The van der Waals surface area contributed by atoms with Crippen LogP contribution in [0, 0.1) is 0 Å². The van der Waals surface area contributed by atoms with Crippen molar-refractivity contribution in [1.29, 1.82) is 0 Å². The number of nitrogens with zero attached hydrogens (tertiary/aromatic N) is 1. The number of amides is 2. The molecule has 6 nitrogen and oxygen atoms in total. The van der Waals surface area contributed by atoms with Crippen molar-refractivity contribution >= 4 is 23.6 Å². The Labute approximate surface area is 156 Å². The van der Waals surface area contributed by atoms with Gasteiger partial charge in [-0.1, -0.05) is 42.5 Å². The van der Waals surface area contributed by atoms with Crippen molar-refractivity contribution in [2.24, 2.45) is 0 Å². The number of benzene rings is 2. The third kappa shape index (κ3) is 3.95. The fourth-order valence-electron chi connectivity index (χ4n) is 2.98. The molecule has 0 bridgehead atoms. The van der Waals surface area contributed by atoms with Gasteiger partial charge in [-0.15, -0.1) is 0 Å². The van der Waals surface area contributed by atoms with Gasteiger partial charge in [0, 0.05) is 12.5 Å². The molecule has 2 amide bonds. The zero-order valence-electron chi connectivity index (χ0n) is 14.9. The van der Waals surface area contributed by atoms with Gasteiger partial charge >= 0.3 is 5.97 Å². The number of imide groups is 1. The van der Waals surface area contributed by atoms with Gasteiger partial charge < -0.3 is 4.74 Å². The summed E-state index contributed by atoms with van der Waals surface area (Å²) in [6.07, 6.45) is 0.104. The summed E-state index contributed by atoms with van der Waals surface area (Å²) in [6, 6.07) is 15.2. The molecule has 2 aromatic carbocycles. The summed E-state index contributed by atoms with van der Waals surface area (Å²) in [5.74, 6) is -2.33. The molecular formula is C21H19NO5. The molecular weight excluding hydrogens is 346 g/mol. The van der Waals surface area contributed by atoms with E-state index < -0.39 is 17.8 Å². The molecule has 1 atom stereocenters. The summed E-state index contributed by atoms with van der Waals surface area (Å²) >= 11 is 0.